The Hall–Kier alpha value is -1.75. The van der Waals surface area contributed by atoms with Crippen LogP contribution in [0.3, 0.4) is 0 Å². The molecular weight excluding hydrogens is 316 g/mol. The third kappa shape index (κ3) is 6.24. The summed E-state index contributed by atoms with van der Waals surface area (Å²) in [7, 11) is 0. The SMILES string of the molecule is CC(C)CCOc1ccccc1CNC(=O)N1CCC(C(C)O)CC1. The highest BCUT2D eigenvalue weighted by Crippen LogP contribution is 2.21. The van der Waals surface area contributed by atoms with Crippen molar-refractivity contribution in [3.63, 3.8) is 0 Å². The summed E-state index contributed by atoms with van der Waals surface area (Å²) in [5.41, 5.74) is 0.999. The van der Waals surface area contributed by atoms with Gasteiger partial charge in [0.15, 0.2) is 0 Å². The zero-order valence-electron chi connectivity index (χ0n) is 15.7. The topological polar surface area (TPSA) is 61.8 Å². The molecule has 5 heteroatoms. The number of carbonyl (C=O) groups is 1. The number of rotatable bonds is 7. The van der Waals surface area contributed by atoms with E-state index in [-0.39, 0.29) is 12.1 Å². The molecule has 1 aliphatic rings. The minimum absolute atomic E-state index is 0.0407. The van der Waals surface area contributed by atoms with Crippen molar-refractivity contribution in [2.24, 2.45) is 11.8 Å². The standard InChI is InChI=1S/C20H32N2O3/c1-15(2)10-13-25-19-7-5-4-6-18(19)14-21-20(24)22-11-8-17(9-12-22)16(3)23/h4-7,15-17,23H,8-14H2,1-3H3,(H,21,24). The molecule has 1 unspecified atom stereocenters. The second-order valence-corrected chi connectivity index (χ2v) is 7.36. The maximum Gasteiger partial charge on any atom is 0.317 e. The van der Waals surface area contributed by atoms with Gasteiger partial charge in [-0.05, 0) is 44.1 Å². The minimum atomic E-state index is -0.292. The average Bonchev–Trinajstić information content (AvgIpc) is 2.60. The molecule has 1 aromatic rings. The van der Waals surface area contributed by atoms with Gasteiger partial charge in [0.05, 0.1) is 12.7 Å². The van der Waals surface area contributed by atoms with E-state index in [0.717, 1.165) is 30.6 Å². The number of piperidine rings is 1. The predicted molar refractivity (Wildman–Crippen MR) is 99.6 cm³/mol. The second-order valence-electron chi connectivity index (χ2n) is 7.36. The quantitative estimate of drug-likeness (QED) is 0.794. The van der Waals surface area contributed by atoms with Gasteiger partial charge in [-0.2, -0.15) is 0 Å². The van der Waals surface area contributed by atoms with Gasteiger partial charge in [0.25, 0.3) is 0 Å². The summed E-state index contributed by atoms with van der Waals surface area (Å²) < 4.78 is 5.87. The Bertz CT molecular complexity index is 537. The Labute approximate surface area is 151 Å². The van der Waals surface area contributed by atoms with Crippen LogP contribution in [-0.2, 0) is 6.54 Å². The van der Waals surface area contributed by atoms with Crippen LogP contribution < -0.4 is 10.1 Å². The molecule has 1 aromatic carbocycles. The van der Waals surface area contributed by atoms with E-state index in [1.807, 2.05) is 36.1 Å². The van der Waals surface area contributed by atoms with E-state index in [9.17, 15) is 9.90 Å². The van der Waals surface area contributed by atoms with E-state index in [4.69, 9.17) is 4.74 Å². The Kier molecular flexibility index (Phi) is 7.56. The van der Waals surface area contributed by atoms with E-state index in [2.05, 4.69) is 19.2 Å². The Balaban J connectivity index is 1.82. The largest absolute Gasteiger partial charge is 0.493 e. The van der Waals surface area contributed by atoms with E-state index in [0.29, 0.717) is 38.1 Å². The molecule has 1 aliphatic heterocycles. The Morgan fingerprint density at radius 1 is 1.28 bits per heavy atom. The third-order valence-electron chi connectivity index (χ3n) is 4.86. The summed E-state index contributed by atoms with van der Waals surface area (Å²) in [5.74, 6) is 1.76. The maximum atomic E-state index is 12.4. The van der Waals surface area contributed by atoms with Crippen molar-refractivity contribution >= 4 is 6.03 Å². The van der Waals surface area contributed by atoms with E-state index in [1.165, 1.54) is 0 Å². The molecule has 0 saturated carbocycles. The first-order chi connectivity index (χ1) is 12.0. The van der Waals surface area contributed by atoms with Gasteiger partial charge < -0.3 is 20.1 Å². The van der Waals surface area contributed by atoms with Crippen LogP contribution in [0.5, 0.6) is 5.75 Å². The molecule has 1 fully saturated rings. The number of aliphatic hydroxyl groups excluding tert-OH is 1. The number of ether oxygens (including phenoxy) is 1. The molecule has 5 nitrogen and oxygen atoms in total. The first-order valence-corrected chi connectivity index (χ1v) is 9.39. The summed E-state index contributed by atoms with van der Waals surface area (Å²) in [6.07, 6.45) is 2.44. The molecule has 0 radical (unpaired) electrons. The fraction of sp³-hybridized carbons (Fsp3) is 0.650. The molecule has 0 aliphatic carbocycles. The average molecular weight is 348 g/mol. The number of hydrogen-bond acceptors (Lipinski definition) is 3. The fourth-order valence-corrected chi connectivity index (χ4v) is 3.06. The third-order valence-corrected chi connectivity index (χ3v) is 4.86. The highest BCUT2D eigenvalue weighted by Gasteiger charge is 2.25. The van der Waals surface area contributed by atoms with Crippen molar-refractivity contribution in [3.05, 3.63) is 29.8 Å². The number of hydrogen-bond donors (Lipinski definition) is 2. The summed E-state index contributed by atoms with van der Waals surface area (Å²) in [6.45, 7) is 8.74. The molecule has 2 N–H and O–H groups in total. The summed E-state index contributed by atoms with van der Waals surface area (Å²) in [4.78, 5) is 14.2. The number of likely N-dealkylation sites (tertiary alicyclic amines) is 1. The van der Waals surface area contributed by atoms with Crippen molar-refractivity contribution in [2.75, 3.05) is 19.7 Å². The summed E-state index contributed by atoms with van der Waals surface area (Å²) >= 11 is 0. The van der Waals surface area contributed by atoms with Gasteiger partial charge in [-0.1, -0.05) is 32.0 Å². The smallest absolute Gasteiger partial charge is 0.317 e. The van der Waals surface area contributed by atoms with Gasteiger partial charge >= 0.3 is 6.03 Å². The van der Waals surface area contributed by atoms with Crippen molar-refractivity contribution in [3.8, 4) is 5.75 Å². The van der Waals surface area contributed by atoms with Crippen molar-refractivity contribution in [1.29, 1.82) is 0 Å². The number of nitrogens with zero attached hydrogens (tertiary/aromatic N) is 1. The van der Waals surface area contributed by atoms with E-state index >= 15 is 0 Å². The zero-order chi connectivity index (χ0) is 18.2. The summed E-state index contributed by atoms with van der Waals surface area (Å²) in [5, 5.41) is 12.7. The lowest BCUT2D eigenvalue weighted by atomic mass is 9.92. The van der Waals surface area contributed by atoms with Crippen LogP contribution in [0.25, 0.3) is 0 Å². The maximum absolute atomic E-state index is 12.4. The molecule has 0 bridgehead atoms. The lowest BCUT2D eigenvalue weighted by Gasteiger charge is -2.33. The normalized spacial score (nSPS) is 16.8. The molecule has 25 heavy (non-hydrogen) atoms. The highest BCUT2D eigenvalue weighted by atomic mass is 16.5. The minimum Gasteiger partial charge on any atom is -0.493 e. The first-order valence-electron chi connectivity index (χ1n) is 9.39. The van der Waals surface area contributed by atoms with Crippen molar-refractivity contribution in [1.82, 2.24) is 10.2 Å². The molecule has 2 amide bonds. The lowest BCUT2D eigenvalue weighted by Crippen LogP contribution is -2.45. The molecular formula is C20H32N2O3. The number of carbonyl (C=O) groups excluding carboxylic acids is 1. The van der Waals surface area contributed by atoms with E-state index < -0.39 is 0 Å². The number of para-hydroxylation sites is 1. The van der Waals surface area contributed by atoms with Crippen molar-refractivity contribution < 1.29 is 14.6 Å². The molecule has 1 saturated heterocycles. The zero-order valence-corrected chi connectivity index (χ0v) is 15.7. The lowest BCUT2D eigenvalue weighted by molar-refractivity contribution is 0.0797. The predicted octanol–water partition coefficient (Wildman–Crippen LogP) is 3.41. The van der Waals surface area contributed by atoms with Crippen LogP contribution in [0.2, 0.25) is 0 Å². The van der Waals surface area contributed by atoms with Gasteiger partial charge in [-0.15, -0.1) is 0 Å². The molecule has 2 rings (SSSR count). The monoisotopic (exact) mass is 348 g/mol. The second kappa shape index (κ2) is 9.66. The van der Waals surface area contributed by atoms with Gasteiger partial charge in [-0.25, -0.2) is 4.79 Å². The van der Waals surface area contributed by atoms with Crippen LogP contribution >= 0.6 is 0 Å². The molecule has 0 spiro atoms. The molecule has 1 atom stereocenters. The Morgan fingerprint density at radius 3 is 2.60 bits per heavy atom. The van der Waals surface area contributed by atoms with Crippen LogP contribution in [0.15, 0.2) is 24.3 Å². The van der Waals surface area contributed by atoms with Gasteiger partial charge in [0.2, 0.25) is 0 Å². The molecule has 1 heterocycles. The Morgan fingerprint density at radius 2 is 1.96 bits per heavy atom. The van der Waals surface area contributed by atoms with Crippen molar-refractivity contribution in [2.45, 2.75) is 52.7 Å². The highest BCUT2D eigenvalue weighted by molar-refractivity contribution is 5.74. The van der Waals surface area contributed by atoms with Gasteiger partial charge in [0.1, 0.15) is 5.75 Å². The number of urea groups is 1. The number of benzene rings is 1. The molecule has 140 valence electrons. The van der Waals surface area contributed by atoms with Crippen LogP contribution in [-0.4, -0.2) is 41.8 Å². The van der Waals surface area contributed by atoms with E-state index in [1.54, 1.807) is 0 Å². The number of nitrogens with one attached hydrogen (secondary N) is 1. The van der Waals surface area contributed by atoms with Gasteiger partial charge in [0, 0.05) is 25.2 Å². The van der Waals surface area contributed by atoms with Crippen LogP contribution in [0.1, 0.15) is 45.6 Å². The molecule has 0 aromatic heterocycles. The van der Waals surface area contributed by atoms with Crippen LogP contribution in [0, 0.1) is 11.8 Å². The first kappa shape index (κ1) is 19.6. The fourth-order valence-electron chi connectivity index (χ4n) is 3.06. The number of amides is 2. The van der Waals surface area contributed by atoms with Gasteiger partial charge in [-0.3, -0.25) is 0 Å². The summed E-state index contributed by atoms with van der Waals surface area (Å²) in [6, 6.07) is 7.82. The number of aliphatic hydroxyl groups is 1. The van der Waals surface area contributed by atoms with Crippen LogP contribution in [0.4, 0.5) is 4.79 Å².